The van der Waals surface area contributed by atoms with Gasteiger partial charge in [0.15, 0.2) is 0 Å². The number of phenolic OH excluding ortho intramolecular Hbond substituents is 1. The van der Waals surface area contributed by atoms with Crippen molar-refractivity contribution >= 4 is 38.2 Å². The van der Waals surface area contributed by atoms with Crippen LogP contribution in [0.3, 0.4) is 0 Å². The molecule has 0 aliphatic rings. The number of benzene rings is 3. The predicted molar refractivity (Wildman–Crippen MR) is 85.7 cm³/mol. The summed E-state index contributed by atoms with van der Waals surface area (Å²) in [4.78, 5) is 17.5. The first-order valence-corrected chi connectivity index (χ1v) is 6.94. The molecule has 5 rings (SSSR count). The minimum atomic E-state index is -0.170. The summed E-state index contributed by atoms with van der Waals surface area (Å²) in [5.74, 6) is -0.0270. The summed E-state index contributed by atoms with van der Waals surface area (Å²) in [7, 11) is 0. The Morgan fingerprint density at radius 2 is 1.87 bits per heavy atom. The van der Waals surface area contributed by atoms with E-state index in [2.05, 4.69) is 11.1 Å². The summed E-state index contributed by atoms with van der Waals surface area (Å²) in [6.45, 7) is 0. The second kappa shape index (κ2) is 4.98. The third kappa shape index (κ3) is 1.85. The second-order valence-corrected chi connectivity index (χ2v) is 5.36. The van der Waals surface area contributed by atoms with E-state index in [1.165, 1.54) is 6.07 Å². The van der Waals surface area contributed by atoms with Gasteiger partial charge >= 0.3 is 0 Å². The molecule has 0 amide bonds. The Labute approximate surface area is 155 Å². The van der Waals surface area contributed by atoms with Crippen molar-refractivity contribution in [3.05, 3.63) is 65.0 Å². The topological polar surface area (TPSA) is 54.6 Å². The van der Waals surface area contributed by atoms with Gasteiger partial charge in [-0.05, 0) is 22.9 Å². The first-order chi connectivity index (χ1) is 10.7. The maximum atomic E-state index is 12.9. The van der Waals surface area contributed by atoms with Crippen LogP contribution >= 0.6 is 0 Å². The molecular formula is C18H9N2O2Y-. The molecule has 5 heteroatoms. The van der Waals surface area contributed by atoms with Gasteiger partial charge in [-0.1, -0.05) is 35.7 Å². The molecule has 3 aromatic carbocycles. The smallest absolute Gasteiger partial charge is 0.246 e. The van der Waals surface area contributed by atoms with Gasteiger partial charge in [0.1, 0.15) is 5.65 Å². The molecule has 0 saturated heterocycles. The summed E-state index contributed by atoms with van der Waals surface area (Å²) in [6, 6.07) is 17.6. The molecule has 0 aliphatic heterocycles. The van der Waals surface area contributed by atoms with E-state index in [9.17, 15) is 9.90 Å². The van der Waals surface area contributed by atoms with Gasteiger partial charge in [0.05, 0.1) is 11.0 Å². The first kappa shape index (κ1) is 14.5. The van der Waals surface area contributed by atoms with Crippen molar-refractivity contribution in [2.45, 2.75) is 0 Å². The van der Waals surface area contributed by atoms with Gasteiger partial charge < -0.3 is 5.11 Å². The Morgan fingerprint density at radius 3 is 2.74 bits per heavy atom. The fourth-order valence-corrected chi connectivity index (χ4v) is 3.22. The van der Waals surface area contributed by atoms with Crippen LogP contribution in [0.15, 0.2) is 53.3 Å². The number of rotatable bonds is 0. The average Bonchev–Trinajstić information content (AvgIpc) is 2.91. The molecule has 0 spiro atoms. The Morgan fingerprint density at radius 1 is 1.04 bits per heavy atom. The Balaban J connectivity index is 0.00000135. The van der Waals surface area contributed by atoms with Gasteiger partial charge in [0.2, 0.25) is 5.56 Å². The van der Waals surface area contributed by atoms with E-state index in [1.807, 2.05) is 42.5 Å². The van der Waals surface area contributed by atoms with Gasteiger partial charge in [-0.15, -0.1) is 17.5 Å². The van der Waals surface area contributed by atoms with Crippen molar-refractivity contribution in [1.82, 2.24) is 9.38 Å². The number of hydrogen-bond acceptors (Lipinski definition) is 3. The van der Waals surface area contributed by atoms with Gasteiger partial charge in [0.25, 0.3) is 0 Å². The van der Waals surface area contributed by atoms with Crippen molar-refractivity contribution < 1.29 is 37.8 Å². The Kier molecular flexibility index (Phi) is 3.15. The molecule has 0 fully saturated rings. The van der Waals surface area contributed by atoms with Crippen molar-refractivity contribution in [3.8, 4) is 5.75 Å². The third-order valence-corrected chi connectivity index (χ3v) is 4.11. The largest absolute Gasteiger partial charge is 0.528 e. The third-order valence-electron chi connectivity index (χ3n) is 4.11. The normalized spacial score (nSPS) is 11.5. The van der Waals surface area contributed by atoms with Crippen LogP contribution in [0.5, 0.6) is 5.75 Å². The van der Waals surface area contributed by atoms with E-state index in [4.69, 9.17) is 0 Å². The van der Waals surface area contributed by atoms with E-state index in [0.29, 0.717) is 11.0 Å². The van der Waals surface area contributed by atoms with Gasteiger partial charge in [-0.25, -0.2) is 4.98 Å². The van der Waals surface area contributed by atoms with Crippen LogP contribution in [-0.4, -0.2) is 14.5 Å². The molecule has 0 unspecified atom stereocenters. The van der Waals surface area contributed by atoms with Crippen LogP contribution in [-0.2, 0) is 32.7 Å². The molecular weight excluding hydrogens is 365 g/mol. The van der Waals surface area contributed by atoms with Crippen LogP contribution in [0.25, 0.3) is 38.2 Å². The van der Waals surface area contributed by atoms with Crippen molar-refractivity contribution in [2.24, 2.45) is 0 Å². The maximum Gasteiger partial charge on any atom is 0.246 e. The van der Waals surface area contributed by atoms with E-state index in [1.54, 1.807) is 4.40 Å². The average molecular weight is 374 g/mol. The molecule has 0 bridgehead atoms. The number of fused-ring (bicyclic) bond motifs is 4. The zero-order valence-electron chi connectivity index (χ0n) is 11.9. The number of hydrogen-bond donors (Lipinski definition) is 1. The predicted octanol–water partition coefficient (Wildman–Crippen LogP) is 3.10. The summed E-state index contributed by atoms with van der Waals surface area (Å²) in [6.07, 6.45) is 0. The van der Waals surface area contributed by atoms with Crippen LogP contribution < -0.4 is 5.56 Å². The fraction of sp³-hybridized carbons (Fsp3) is 0. The van der Waals surface area contributed by atoms with Crippen molar-refractivity contribution in [1.29, 1.82) is 0 Å². The van der Waals surface area contributed by atoms with Gasteiger partial charge in [0, 0.05) is 38.5 Å². The molecule has 2 aromatic heterocycles. The van der Waals surface area contributed by atoms with Gasteiger partial charge in [-0.2, -0.15) is 0 Å². The number of phenols is 1. The molecule has 1 radical (unpaired) electrons. The van der Waals surface area contributed by atoms with Crippen LogP contribution in [0.1, 0.15) is 0 Å². The number of pyridine rings is 1. The van der Waals surface area contributed by atoms with E-state index in [-0.39, 0.29) is 44.0 Å². The van der Waals surface area contributed by atoms with E-state index in [0.717, 1.165) is 27.2 Å². The quantitative estimate of drug-likeness (QED) is 0.424. The SMILES string of the molecule is O=c1c2cc(O)[c-]c3cccc(c32)c2nc3ccccc3n12.[Y]. The summed E-state index contributed by atoms with van der Waals surface area (Å²) < 4.78 is 1.62. The summed E-state index contributed by atoms with van der Waals surface area (Å²) in [5.41, 5.74) is 2.03. The number of para-hydroxylation sites is 2. The Hall–Kier alpha value is -2.04. The first-order valence-electron chi connectivity index (χ1n) is 6.94. The minimum absolute atomic E-state index is 0. The number of aromatic nitrogens is 2. The van der Waals surface area contributed by atoms with Crippen molar-refractivity contribution in [3.63, 3.8) is 0 Å². The molecule has 0 aliphatic carbocycles. The molecule has 1 N–H and O–H groups in total. The molecule has 2 heterocycles. The maximum absolute atomic E-state index is 12.9. The molecule has 107 valence electrons. The minimum Gasteiger partial charge on any atom is -0.528 e. The second-order valence-electron chi connectivity index (χ2n) is 5.36. The molecule has 0 atom stereocenters. The zero-order chi connectivity index (χ0) is 14.8. The number of nitrogens with zero attached hydrogens (tertiary/aromatic N) is 2. The fourth-order valence-electron chi connectivity index (χ4n) is 3.22. The zero-order valence-corrected chi connectivity index (χ0v) is 14.8. The van der Waals surface area contributed by atoms with Crippen LogP contribution in [0.2, 0.25) is 0 Å². The van der Waals surface area contributed by atoms with Crippen molar-refractivity contribution in [2.75, 3.05) is 0 Å². The summed E-state index contributed by atoms with van der Waals surface area (Å²) >= 11 is 0. The monoisotopic (exact) mass is 374 g/mol. The molecule has 4 nitrogen and oxygen atoms in total. The molecule has 0 saturated carbocycles. The van der Waals surface area contributed by atoms with Gasteiger partial charge in [-0.3, -0.25) is 9.20 Å². The number of imidazole rings is 1. The van der Waals surface area contributed by atoms with Crippen LogP contribution in [0.4, 0.5) is 0 Å². The van der Waals surface area contributed by atoms with E-state index < -0.39 is 0 Å². The number of aromatic hydroxyl groups is 1. The molecule has 23 heavy (non-hydrogen) atoms. The summed E-state index contributed by atoms with van der Waals surface area (Å²) in [5, 5.41) is 12.7. The standard InChI is InChI=1S/C18H9N2O2.Y/c21-11-8-10-4-3-5-12-16(10)13(9-11)18(22)20-15-7-2-1-6-14(15)19-17(12)20;/h1-7,9,21H;/q-1;. The Bertz CT molecular complexity index is 1260. The molecule has 5 aromatic rings. The van der Waals surface area contributed by atoms with E-state index >= 15 is 0 Å². The van der Waals surface area contributed by atoms with Crippen LogP contribution in [0, 0.1) is 6.07 Å².